The molecule has 1 N–H and O–H groups in total. The summed E-state index contributed by atoms with van der Waals surface area (Å²) in [4.78, 5) is 0. The second kappa shape index (κ2) is 9.91. The molecule has 1 atom stereocenters. The predicted octanol–water partition coefficient (Wildman–Crippen LogP) is 1.56. The number of hydrogen-bond donors (Lipinski definition) is 1. The number of rotatable bonds is 11. The molecule has 0 saturated heterocycles. The highest BCUT2D eigenvalue weighted by atomic mass is 16.5. The van der Waals surface area contributed by atoms with Crippen LogP contribution < -0.4 is 5.32 Å². The Morgan fingerprint density at radius 3 is 2.75 bits per heavy atom. The van der Waals surface area contributed by atoms with Crippen LogP contribution in [0.5, 0.6) is 0 Å². The summed E-state index contributed by atoms with van der Waals surface area (Å²) >= 11 is 0. The molecule has 20 heavy (non-hydrogen) atoms. The second-order valence-corrected chi connectivity index (χ2v) is 5.03. The van der Waals surface area contributed by atoms with Crippen molar-refractivity contribution in [1.82, 2.24) is 15.1 Å². The fourth-order valence-corrected chi connectivity index (χ4v) is 2.09. The molecule has 0 aromatic carbocycles. The minimum atomic E-state index is 0.326. The highest BCUT2D eigenvalue weighted by Gasteiger charge is 2.13. The van der Waals surface area contributed by atoms with Crippen molar-refractivity contribution in [2.45, 2.75) is 39.2 Å². The number of hydrogen-bond acceptors (Lipinski definition) is 4. The zero-order valence-corrected chi connectivity index (χ0v) is 13.3. The molecule has 1 heterocycles. The van der Waals surface area contributed by atoms with Crippen LogP contribution in [-0.2, 0) is 29.4 Å². The number of aromatic nitrogens is 2. The van der Waals surface area contributed by atoms with E-state index in [1.54, 1.807) is 7.11 Å². The molecule has 1 rings (SSSR count). The van der Waals surface area contributed by atoms with Crippen LogP contribution in [-0.4, -0.2) is 49.3 Å². The molecule has 5 heteroatoms. The number of ether oxygens (including phenoxy) is 2. The zero-order chi connectivity index (χ0) is 14.8. The van der Waals surface area contributed by atoms with E-state index in [0.29, 0.717) is 25.9 Å². The van der Waals surface area contributed by atoms with Gasteiger partial charge in [-0.25, -0.2) is 0 Å². The smallest absolute Gasteiger partial charge is 0.0701 e. The fourth-order valence-electron chi connectivity index (χ4n) is 2.09. The van der Waals surface area contributed by atoms with E-state index in [1.165, 1.54) is 5.69 Å². The monoisotopic (exact) mass is 283 g/mol. The average Bonchev–Trinajstić information content (AvgIpc) is 2.81. The van der Waals surface area contributed by atoms with E-state index in [-0.39, 0.29) is 0 Å². The van der Waals surface area contributed by atoms with Crippen LogP contribution in [0.2, 0.25) is 0 Å². The first-order chi connectivity index (χ1) is 9.71. The minimum Gasteiger partial charge on any atom is -0.382 e. The summed E-state index contributed by atoms with van der Waals surface area (Å²) in [6.07, 6.45) is 3.04. The lowest BCUT2D eigenvalue weighted by atomic mass is 10.1. The number of aryl methyl sites for hydroxylation is 2. The lowest BCUT2D eigenvalue weighted by Gasteiger charge is -2.18. The summed E-state index contributed by atoms with van der Waals surface area (Å²) in [5, 5.41) is 8.04. The van der Waals surface area contributed by atoms with E-state index < -0.39 is 0 Å². The predicted molar refractivity (Wildman–Crippen MR) is 81.1 cm³/mol. The van der Waals surface area contributed by atoms with Gasteiger partial charge in [0, 0.05) is 32.3 Å². The molecule has 0 aliphatic heterocycles. The highest BCUT2D eigenvalue weighted by Crippen LogP contribution is 2.07. The van der Waals surface area contributed by atoms with Gasteiger partial charge < -0.3 is 14.8 Å². The Morgan fingerprint density at radius 1 is 1.35 bits per heavy atom. The molecule has 0 radical (unpaired) electrons. The third kappa shape index (κ3) is 6.03. The van der Waals surface area contributed by atoms with E-state index in [1.807, 2.05) is 11.7 Å². The molecular weight excluding hydrogens is 254 g/mol. The maximum absolute atomic E-state index is 5.66. The van der Waals surface area contributed by atoms with Crippen LogP contribution in [0.4, 0.5) is 0 Å². The molecular formula is C15H29N3O2. The number of methoxy groups -OCH3 is 1. The first kappa shape index (κ1) is 17.1. The van der Waals surface area contributed by atoms with Gasteiger partial charge in [0.05, 0.1) is 25.5 Å². The first-order valence-electron chi connectivity index (χ1n) is 7.53. The van der Waals surface area contributed by atoms with Gasteiger partial charge in [0.15, 0.2) is 0 Å². The summed E-state index contributed by atoms with van der Waals surface area (Å²) in [7, 11) is 3.70. The van der Waals surface area contributed by atoms with Gasteiger partial charge in [-0.1, -0.05) is 13.8 Å². The maximum atomic E-state index is 5.66. The van der Waals surface area contributed by atoms with Crippen LogP contribution >= 0.6 is 0 Å². The molecule has 0 saturated carbocycles. The van der Waals surface area contributed by atoms with Crippen LogP contribution in [0, 0.1) is 0 Å². The standard InChI is InChI=1S/C15H29N3O2/c1-5-7-16-14(12-20-9-8-19-4)11-15-10-13(6-2)17-18(15)3/h10,14,16H,5-9,11-12H2,1-4H3. The van der Waals surface area contributed by atoms with Gasteiger partial charge in [-0.15, -0.1) is 0 Å². The Kier molecular flexibility index (Phi) is 8.49. The Morgan fingerprint density at radius 2 is 2.15 bits per heavy atom. The van der Waals surface area contributed by atoms with Crippen molar-refractivity contribution in [2.24, 2.45) is 7.05 Å². The molecule has 0 amide bonds. The van der Waals surface area contributed by atoms with Crippen molar-refractivity contribution in [1.29, 1.82) is 0 Å². The van der Waals surface area contributed by atoms with Crippen LogP contribution in [0.25, 0.3) is 0 Å². The Hall–Kier alpha value is -0.910. The number of nitrogens with one attached hydrogen (secondary N) is 1. The van der Waals surface area contributed by atoms with Gasteiger partial charge >= 0.3 is 0 Å². The normalized spacial score (nSPS) is 12.8. The van der Waals surface area contributed by atoms with Crippen LogP contribution in [0.3, 0.4) is 0 Å². The summed E-state index contributed by atoms with van der Waals surface area (Å²) in [5.74, 6) is 0. The van der Waals surface area contributed by atoms with E-state index in [4.69, 9.17) is 9.47 Å². The van der Waals surface area contributed by atoms with E-state index >= 15 is 0 Å². The lowest BCUT2D eigenvalue weighted by Crippen LogP contribution is -2.36. The number of nitrogens with zero attached hydrogens (tertiary/aromatic N) is 2. The quantitative estimate of drug-likeness (QED) is 0.626. The molecule has 116 valence electrons. The molecule has 0 bridgehead atoms. The third-order valence-electron chi connectivity index (χ3n) is 3.28. The van der Waals surface area contributed by atoms with Gasteiger partial charge in [-0.05, 0) is 25.5 Å². The van der Waals surface area contributed by atoms with Gasteiger partial charge in [0.2, 0.25) is 0 Å². The van der Waals surface area contributed by atoms with Crippen molar-refractivity contribution >= 4 is 0 Å². The third-order valence-corrected chi connectivity index (χ3v) is 3.28. The molecule has 0 fully saturated rings. The van der Waals surface area contributed by atoms with Crippen LogP contribution in [0.15, 0.2) is 6.07 Å². The van der Waals surface area contributed by atoms with Crippen molar-refractivity contribution in [2.75, 3.05) is 33.5 Å². The van der Waals surface area contributed by atoms with Crippen molar-refractivity contribution in [3.05, 3.63) is 17.5 Å². The molecule has 1 aromatic heterocycles. The van der Waals surface area contributed by atoms with Gasteiger partial charge in [-0.2, -0.15) is 5.10 Å². The summed E-state index contributed by atoms with van der Waals surface area (Å²) in [6.45, 7) is 7.31. The van der Waals surface area contributed by atoms with E-state index in [2.05, 4.69) is 30.3 Å². The maximum Gasteiger partial charge on any atom is 0.0701 e. The Bertz CT molecular complexity index is 366. The van der Waals surface area contributed by atoms with E-state index in [0.717, 1.165) is 31.5 Å². The zero-order valence-electron chi connectivity index (χ0n) is 13.3. The van der Waals surface area contributed by atoms with Gasteiger partial charge in [0.25, 0.3) is 0 Å². The molecule has 0 aliphatic carbocycles. The summed E-state index contributed by atoms with van der Waals surface area (Å²) < 4.78 is 12.6. The molecule has 1 unspecified atom stereocenters. The Labute approximate surface area is 122 Å². The van der Waals surface area contributed by atoms with Crippen molar-refractivity contribution < 1.29 is 9.47 Å². The summed E-state index contributed by atoms with van der Waals surface area (Å²) in [5.41, 5.74) is 2.41. The molecule has 1 aromatic rings. The molecule has 0 aliphatic rings. The molecule has 5 nitrogen and oxygen atoms in total. The van der Waals surface area contributed by atoms with Gasteiger partial charge in [0.1, 0.15) is 0 Å². The lowest BCUT2D eigenvalue weighted by molar-refractivity contribution is 0.0585. The van der Waals surface area contributed by atoms with Crippen molar-refractivity contribution in [3.63, 3.8) is 0 Å². The van der Waals surface area contributed by atoms with Crippen molar-refractivity contribution in [3.8, 4) is 0 Å². The topological polar surface area (TPSA) is 48.3 Å². The largest absolute Gasteiger partial charge is 0.382 e. The average molecular weight is 283 g/mol. The highest BCUT2D eigenvalue weighted by molar-refractivity contribution is 5.11. The van der Waals surface area contributed by atoms with Gasteiger partial charge in [-0.3, -0.25) is 4.68 Å². The minimum absolute atomic E-state index is 0.326. The van der Waals surface area contributed by atoms with Crippen LogP contribution in [0.1, 0.15) is 31.7 Å². The molecule has 0 spiro atoms. The fraction of sp³-hybridized carbons (Fsp3) is 0.800. The second-order valence-electron chi connectivity index (χ2n) is 5.03. The first-order valence-corrected chi connectivity index (χ1v) is 7.53. The summed E-state index contributed by atoms with van der Waals surface area (Å²) in [6, 6.07) is 2.52. The SMILES string of the molecule is CCCNC(COCCOC)Cc1cc(CC)nn1C. The Balaban J connectivity index is 2.51. The van der Waals surface area contributed by atoms with E-state index in [9.17, 15) is 0 Å².